The van der Waals surface area contributed by atoms with Crippen LogP contribution < -0.4 is 4.74 Å². The average molecular weight is 273 g/mol. The molecule has 0 aliphatic heterocycles. The van der Waals surface area contributed by atoms with Crippen molar-refractivity contribution >= 4 is 12.3 Å². The van der Waals surface area contributed by atoms with Gasteiger partial charge in [-0.05, 0) is 12.1 Å². The summed E-state index contributed by atoms with van der Waals surface area (Å²) in [4.78, 5) is 22.0. The Hall–Kier alpha value is -2.56. The van der Waals surface area contributed by atoms with Gasteiger partial charge in [0.15, 0.2) is 6.29 Å². The van der Waals surface area contributed by atoms with E-state index in [1.165, 1.54) is 0 Å². The number of rotatable bonds is 3. The molecule has 1 aromatic carbocycles. The van der Waals surface area contributed by atoms with Gasteiger partial charge in [-0.25, -0.2) is 4.79 Å². The van der Waals surface area contributed by atoms with Crippen LogP contribution in [0.2, 0.25) is 0 Å². The van der Waals surface area contributed by atoms with E-state index in [-0.39, 0.29) is 11.8 Å². The van der Waals surface area contributed by atoms with Gasteiger partial charge in [0, 0.05) is 0 Å². The molecule has 100 valence electrons. The van der Waals surface area contributed by atoms with Gasteiger partial charge in [-0.3, -0.25) is 4.79 Å². The minimum Gasteiger partial charge on any atom is -0.465 e. The molecule has 0 aromatic heterocycles. The number of benzene rings is 1. The Morgan fingerprint density at radius 1 is 1.42 bits per heavy atom. The summed E-state index contributed by atoms with van der Waals surface area (Å²) in [6.07, 6.45) is -4.94. The van der Waals surface area contributed by atoms with E-state index >= 15 is 0 Å². The highest BCUT2D eigenvalue weighted by atomic mass is 19.4. The average Bonchev–Trinajstić information content (AvgIpc) is 2.35. The predicted octanol–water partition coefficient (Wildman–Crippen LogP) is 2.06. The van der Waals surface area contributed by atoms with Crippen LogP contribution in [0.4, 0.5) is 13.2 Å². The highest BCUT2D eigenvalue weighted by Gasteiger charge is 2.33. The quantitative estimate of drug-likeness (QED) is 0.622. The molecule has 0 aliphatic carbocycles. The van der Waals surface area contributed by atoms with E-state index in [2.05, 4.69) is 9.47 Å². The van der Waals surface area contributed by atoms with Gasteiger partial charge in [0.2, 0.25) is 0 Å². The second-order valence-electron chi connectivity index (χ2n) is 3.20. The summed E-state index contributed by atoms with van der Waals surface area (Å²) in [7, 11) is 1.00. The highest BCUT2D eigenvalue weighted by Crippen LogP contribution is 2.28. The van der Waals surface area contributed by atoms with E-state index in [9.17, 15) is 22.8 Å². The first-order valence-electron chi connectivity index (χ1n) is 4.69. The summed E-state index contributed by atoms with van der Waals surface area (Å²) in [5.41, 5.74) is -1.21. The molecule has 0 amide bonds. The molecular weight excluding hydrogens is 267 g/mol. The number of aldehydes is 1. The molecule has 8 heteroatoms. The minimum atomic E-state index is -5.03. The van der Waals surface area contributed by atoms with Gasteiger partial charge in [0.25, 0.3) is 0 Å². The number of carbonyl (C=O) groups is 2. The van der Waals surface area contributed by atoms with Gasteiger partial charge < -0.3 is 9.47 Å². The summed E-state index contributed by atoms with van der Waals surface area (Å²) in [6.45, 7) is 0. The Bertz CT molecular complexity index is 560. The van der Waals surface area contributed by atoms with E-state index in [4.69, 9.17) is 5.26 Å². The number of methoxy groups -OCH3 is 1. The standard InChI is InChI=1S/C11H6F3NO4/c1-18-10(17)8-3-9(19-11(12,13)14)7(5-16)2-6(8)4-15/h2-3,5H,1H3. The second kappa shape index (κ2) is 5.39. The first-order valence-corrected chi connectivity index (χ1v) is 4.69. The van der Waals surface area contributed by atoms with Crippen LogP contribution in [0.3, 0.4) is 0 Å². The third-order valence-electron chi connectivity index (χ3n) is 2.03. The van der Waals surface area contributed by atoms with Crippen molar-refractivity contribution < 1.29 is 32.2 Å². The summed E-state index contributed by atoms with van der Waals surface area (Å²) in [5.74, 6) is -1.89. The first kappa shape index (κ1) is 14.5. The SMILES string of the molecule is COC(=O)c1cc(OC(F)(F)F)c(C=O)cc1C#N. The maximum Gasteiger partial charge on any atom is 0.573 e. The summed E-state index contributed by atoms with van der Waals surface area (Å²) >= 11 is 0. The van der Waals surface area contributed by atoms with E-state index in [1.54, 1.807) is 6.07 Å². The maximum atomic E-state index is 12.1. The summed E-state index contributed by atoms with van der Waals surface area (Å²) in [5, 5.41) is 8.77. The lowest BCUT2D eigenvalue weighted by Gasteiger charge is -2.12. The molecule has 0 fully saturated rings. The number of halogens is 3. The zero-order valence-electron chi connectivity index (χ0n) is 9.45. The van der Waals surface area contributed by atoms with Crippen molar-refractivity contribution in [3.63, 3.8) is 0 Å². The zero-order valence-corrected chi connectivity index (χ0v) is 9.45. The molecular formula is C11H6F3NO4. The Labute approximate surface area is 105 Å². The lowest BCUT2D eigenvalue weighted by Crippen LogP contribution is -2.19. The fourth-order valence-electron chi connectivity index (χ4n) is 1.27. The van der Waals surface area contributed by atoms with Crippen molar-refractivity contribution in [1.82, 2.24) is 0 Å². The fraction of sp³-hybridized carbons (Fsp3) is 0.182. The normalized spacial score (nSPS) is 10.5. The minimum absolute atomic E-state index is 0.0863. The third kappa shape index (κ3) is 3.45. The van der Waals surface area contributed by atoms with Crippen LogP contribution in [0, 0.1) is 11.3 Å². The van der Waals surface area contributed by atoms with Crippen LogP contribution in [-0.4, -0.2) is 25.7 Å². The van der Waals surface area contributed by atoms with E-state index < -0.39 is 29.2 Å². The van der Waals surface area contributed by atoms with Gasteiger partial charge in [-0.2, -0.15) is 5.26 Å². The molecule has 0 saturated heterocycles. The van der Waals surface area contributed by atoms with Gasteiger partial charge in [-0.15, -0.1) is 13.2 Å². The largest absolute Gasteiger partial charge is 0.573 e. The smallest absolute Gasteiger partial charge is 0.465 e. The van der Waals surface area contributed by atoms with Crippen molar-refractivity contribution in [3.8, 4) is 11.8 Å². The molecule has 0 bridgehead atoms. The lowest BCUT2D eigenvalue weighted by molar-refractivity contribution is -0.274. The van der Waals surface area contributed by atoms with Gasteiger partial charge >= 0.3 is 12.3 Å². The molecule has 0 unspecified atom stereocenters. The summed E-state index contributed by atoms with van der Waals surface area (Å²) in [6, 6.07) is 3.04. The second-order valence-corrected chi connectivity index (χ2v) is 3.20. The van der Waals surface area contributed by atoms with E-state index in [1.807, 2.05) is 0 Å². The first-order chi connectivity index (χ1) is 8.82. The van der Waals surface area contributed by atoms with Crippen LogP contribution in [0.5, 0.6) is 5.75 Å². The monoisotopic (exact) mass is 273 g/mol. The molecule has 1 rings (SSSR count). The molecule has 0 N–H and O–H groups in total. The lowest BCUT2D eigenvalue weighted by atomic mass is 10.0. The summed E-state index contributed by atoms with van der Waals surface area (Å²) < 4.78 is 44.3. The zero-order chi connectivity index (χ0) is 14.6. The van der Waals surface area contributed by atoms with Crippen LogP contribution in [-0.2, 0) is 4.74 Å². The molecule has 0 saturated carbocycles. The number of carbonyl (C=O) groups excluding carboxylic acids is 2. The molecule has 0 spiro atoms. The Balaban J connectivity index is 3.42. The number of esters is 1. The molecule has 0 radical (unpaired) electrons. The number of hydrogen-bond donors (Lipinski definition) is 0. The predicted molar refractivity (Wildman–Crippen MR) is 54.6 cm³/mol. The van der Waals surface area contributed by atoms with Gasteiger partial charge in [0.05, 0.1) is 23.8 Å². The van der Waals surface area contributed by atoms with Gasteiger partial charge in [-0.1, -0.05) is 0 Å². The third-order valence-corrected chi connectivity index (χ3v) is 2.03. The van der Waals surface area contributed by atoms with Crippen LogP contribution in [0.15, 0.2) is 12.1 Å². The van der Waals surface area contributed by atoms with Gasteiger partial charge in [0.1, 0.15) is 11.8 Å². The molecule has 5 nitrogen and oxygen atoms in total. The van der Waals surface area contributed by atoms with Crippen LogP contribution in [0.25, 0.3) is 0 Å². The number of hydrogen-bond acceptors (Lipinski definition) is 5. The molecule has 0 atom stereocenters. The Morgan fingerprint density at radius 2 is 2.05 bits per heavy atom. The van der Waals surface area contributed by atoms with Crippen LogP contribution >= 0.6 is 0 Å². The Morgan fingerprint density at radius 3 is 2.47 bits per heavy atom. The fourth-order valence-corrected chi connectivity index (χ4v) is 1.27. The number of alkyl halides is 3. The topological polar surface area (TPSA) is 76.4 Å². The van der Waals surface area contributed by atoms with Crippen molar-refractivity contribution in [3.05, 3.63) is 28.8 Å². The number of nitriles is 1. The van der Waals surface area contributed by atoms with Crippen LogP contribution in [0.1, 0.15) is 26.3 Å². The highest BCUT2D eigenvalue weighted by molar-refractivity contribution is 5.94. The molecule has 0 aliphatic rings. The number of ether oxygens (including phenoxy) is 2. The molecule has 1 aromatic rings. The number of nitrogens with zero attached hydrogens (tertiary/aromatic N) is 1. The van der Waals surface area contributed by atoms with Crippen molar-refractivity contribution in [2.45, 2.75) is 6.36 Å². The molecule has 0 heterocycles. The van der Waals surface area contributed by atoms with E-state index in [0.717, 1.165) is 13.2 Å². The van der Waals surface area contributed by atoms with Crippen molar-refractivity contribution in [1.29, 1.82) is 5.26 Å². The van der Waals surface area contributed by atoms with E-state index in [0.29, 0.717) is 6.07 Å². The van der Waals surface area contributed by atoms with Crippen molar-refractivity contribution in [2.75, 3.05) is 7.11 Å². The maximum absolute atomic E-state index is 12.1. The van der Waals surface area contributed by atoms with Crippen molar-refractivity contribution in [2.24, 2.45) is 0 Å². The molecule has 19 heavy (non-hydrogen) atoms. The Kier molecular flexibility index (Phi) is 4.11.